The summed E-state index contributed by atoms with van der Waals surface area (Å²) in [4.78, 5) is 0. The maximum atomic E-state index is 9.11. The molecule has 17 heavy (non-hydrogen) atoms. The number of rotatable bonds is 5. The highest BCUT2D eigenvalue weighted by Crippen LogP contribution is 2.23. The van der Waals surface area contributed by atoms with E-state index in [1.165, 1.54) is 5.56 Å². The van der Waals surface area contributed by atoms with Crippen LogP contribution in [0, 0.1) is 5.92 Å². The summed E-state index contributed by atoms with van der Waals surface area (Å²) >= 11 is 0. The van der Waals surface area contributed by atoms with E-state index < -0.39 is 0 Å². The predicted molar refractivity (Wildman–Crippen MR) is 74.5 cm³/mol. The van der Waals surface area contributed by atoms with Crippen LogP contribution in [0.15, 0.2) is 24.3 Å². The van der Waals surface area contributed by atoms with Gasteiger partial charge in [0.2, 0.25) is 0 Å². The lowest BCUT2D eigenvalue weighted by Crippen LogP contribution is -2.17. The third kappa shape index (κ3) is 4.39. The van der Waals surface area contributed by atoms with Crippen LogP contribution in [0.1, 0.15) is 39.7 Å². The molecule has 0 fully saturated rings. The van der Waals surface area contributed by atoms with Crippen LogP contribution in [0.3, 0.4) is 0 Å². The molecule has 0 aromatic heterocycles. The normalized spacial score (nSPS) is 13.5. The SMILES string of the molecule is CCC(CO)CNc1ccc(C(C)(C)C)cc1. The molecule has 0 aliphatic rings. The van der Waals surface area contributed by atoms with Crippen LogP contribution in [-0.2, 0) is 5.41 Å². The van der Waals surface area contributed by atoms with Crippen LogP contribution < -0.4 is 5.32 Å². The molecule has 0 bridgehead atoms. The number of nitrogens with one attached hydrogen (secondary N) is 1. The molecule has 2 heteroatoms. The molecular formula is C15H25NO. The number of hydrogen-bond acceptors (Lipinski definition) is 2. The number of hydrogen-bond donors (Lipinski definition) is 2. The van der Waals surface area contributed by atoms with E-state index in [0.717, 1.165) is 18.7 Å². The molecule has 0 heterocycles. The van der Waals surface area contributed by atoms with Gasteiger partial charge >= 0.3 is 0 Å². The zero-order valence-corrected chi connectivity index (χ0v) is 11.5. The van der Waals surface area contributed by atoms with Crippen molar-refractivity contribution in [2.75, 3.05) is 18.5 Å². The minimum atomic E-state index is 0.204. The first kappa shape index (κ1) is 14.0. The lowest BCUT2D eigenvalue weighted by atomic mass is 9.87. The Morgan fingerprint density at radius 3 is 2.18 bits per heavy atom. The quantitative estimate of drug-likeness (QED) is 0.819. The van der Waals surface area contributed by atoms with Gasteiger partial charge in [-0.1, -0.05) is 39.8 Å². The largest absolute Gasteiger partial charge is 0.396 e. The van der Waals surface area contributed by atoms with Crippen molar-refractivity contribution in [3.05, 3.63) is 29.8 Å². The molecule has 0 aliphatic heterocycles. The molecular weight excluding hydrogens is 210 g/mol. The van der Waals surface area contributed by atoms with Crippen molar-refractivity contribution in [3.8, 4) is 0 Å². The Morgan fingerprint density at radius 2 is 1.76 bits per heavy atom. The standard InChI is InChI=1S/C15H25NO/c1-5-12(11-17)10-16-14-8-6-13(7-9-14)15(2,3)4/h6-9,12,16-17H,5,10-11H2,1-4H3. The van der Waals surface area contributed by atoms with E-state index in [-0.39, 0.29) is 12.0 Å². The number of aliphatic hydroxyl groups excluding tert-OH is 1. The van der Waals surface area contributed by atoms with E-state index in [4.69, 9.17) is 5.11 Å². The number of benzene rings is 1. The topological polar surface area (TPSA) is 32.3 Å². The van der Waals surface area contributed by atoms with Gasteiger partial charge in [0.05, 0.1) is 0 Å². The predicted octanol–water partition coefficient (Wildman–Crippen LogP) is 3.41. The van der Waals surface area contributed by atoms with Crippen molar-refractivity contribution in [3.63, 3.8) is 0 Å². The first-order valence-electron chi connectivity index (χ1n) is 6.42. The van der Waals surface area contributed by atoms with Gasteiger partial charge in [0, 0.05) is 18.8 Å². The number of anilines is 1. The van der Waals surface area contributed by atoms with Gasteiger partial charge in [-0.3, -0.25) is 0 Å². The van der Waals surface area contributed by atoms with Crippen molar-refractivity contribution in [2.45, 2.75) is 39.5 Å². The maximum Gasteiger partial charge on any atom is 0.0475 e. The molecule has 2 N–H and O–H groups in total. The summed E-state index contributed by atoms with van der Waals surface area (Å²) in [5.41, 5.74) is 2.68. The summed E-state index contributed by atoms with van der Waals surface area (Å²) in [6.45, 7) is 9.84. The zero-order valence-electron chi connectivity index (χ0n) is 11.5. The number of aliphatic hydroxyl groups is 1. The van der Waals surface area contributed by atoms with Crippen molar-refractivity contribution < 1.29 is 5.11 Å². The van der Waals surface area contributed by atoms with Crippen molar-refractivity contribution in [2.24, 2.45) is 5.92 Å². The van der Waals surface area contributed by atoms with E-state index in [9.17, 15) is 0 Å². The molecule has 1 aromatic carbocycles. The summed E-state index contributed by atoms with van der Waals surface area (Å²) < 4.78 is 0. The van der Waals surface area contributed by atoms with Gasteiger partial charge in [-0.05, 0) is 35.4 Å². The molecule has 0 amide bonds. The van der Waals surface area contributed by atoms with Gasteiger partial charge in [0.15, 0.2) is 0 Å². The highest BCUT2D eigenvalue weighted by molar-refractivity contribution is 5.45. The Bertz CT molecular complexity index is 320. The Morgan fingerprint density at radius 1 is 1.18 bits per heavy atom. The molecule has 0 saturated heterocycles. The van der Waals surface area contributed by atoms with Gasteiger partial charge in [-0.25, -0.2) is 0 Å². The molecule has 1 unspecified atom stereocenters. The molecule has 2 nitrogen and oxygen atoms in total. The Hall–Kier alpha value is -1.02. The molecule has 1 aromatic rings. The van der Waals surface area contributed by atoms with Crippen molar-refractivity contribution >= 4 is 5.69 Å². The second kappa shape index (κ2) is 6.06. The lowest BCUT2D eigenvalue weighted by molar-refractivity contribution is 0.230. The van der Waals surface area contributed by atoms with Gasteiger partial charge < -0.3 is 10.4 Å². The highest BCUT2D eigenvalue weighted by atomic mass is 16.3. The summed E-state index contributed by atoms with van der Waals surface area (Å²) in [5.74, 6) is 0.345. The lowest BCUT2D eigenvalue weighted by Gasteiger charge is -2.20. The molecule has 1 rings (SSSR count). The van der Waals surface area contributed by atoms with Crippen molar-refractivity contribution in [1.82, 2.24) is 0 Å². The Kier molecular flexibility index (Phi) is 5.01. The highest BCUT2D eigenvalue weighted by Gasteiger charge is 2.12. The van der Waals surface area contributed by atoms with Crippen LogP contribution >= 0.6 is 0 Å². The van der Waals surface area contributed by atoms with Crippen LogP contribution in [0.25, 0.3) is 0 Å². The minimum absolute atomic E-state index is 0.204. The van der Waals surface area contributed by atoms with Crippen LogP contribution in [-0.4, -0.2) is 18.3 Å². The van der Waals surface area contributed by atoms with E-state index in [1.54, 1.807) is 0 Å². The maximum absolute atomic E-state index is 9.11. The molecule has 96 valence electrons. The van der Waals surface area contributed by atoms with Crippen LogP contribution in [0.4, 0.5) is 5.69 Å². The van der Waals surface area contributed by atoms with Gasteiger partial charge in [-0.2, -0.15) is 0 Å². The Labute approximate surface area is 105 Å². The van der Waals surface area contributed by atoms with Gasteiger partial charge in [0.1, 0.15) is 0 Å². The third-order valence-electron chi connectivity index (χ3n) is 3.18. The molecule has 1 atom stereocenters. The molecule has 0 radical (unpaired) electrons. The summed E-state index contributed by atoms with van der Waals surface area (Å²) in [5, 5.41) is 12.5. The molecule has 0 aliphatic carbocycles. The average Bonchev–Trinajstić information content (AvgIpc) is 2.30. The van der Waals surface area contributed by atoms with Gasteiger partial charge in [0.25, 0.3) is 0 Å². The fraction of sp³-hybridized carbons (Fsp3) is 0.600. The fourth-order valence-corrected chi connectivity index (χ4v) is 1.69. The summed E-state index contributed by atoms with van der Waals surface area (Å²) in [6.07, 6.45) is 1.00. The first-order valence-corrected chi connectivity index (χ1v) is 6.42. The van der Waals surface area contributed by atoms with E-state index in [0.29, 0.717) is 5.92 Å². The summed E-state index contributed by atoms with van der Waals surface area (Å²) in [6, 6.07) is 8.57. The summed E-state index contributed by atoms with van der Waals surface area (Å²) in [7, 11) is 0. The second-order valence-electron chi connectivity index (χ2n) is 5.67. The smallest absolute Gasteiger partial charge is 0.0475 e. The monoisotopic (exact) mass is 235 g/mol. The van der Waals surface area contributed by atoms with Gasteiger partial charge in [-0.15, -0.1) is 0 Å². The third-order valence-corrected chi connectivity index (χ3v) is 3.18. The second-order valence-corrected chi connectivity index (χ2v) is 5.67. The zero-order chi connectivity index (χ0) is 12.9. The van der Waals surface area contributed by atoms with E-state index in [2.05, 4.69) is 57.3 Å². The van der Waals surface area contributed by atoms with Crippen LogP contribution in [0.5, 0.6) is 0 Å². The van der Waals surface area contributed by atoms with Crippen molar-refractivity contribution in [1.29, 1.82) is 0 Å². The molecule has 0 saturated carbocycles. The minimum Gasteiger partial charge on any atom is -0.396 e. The average molecular weight is 235 g/mol. The van der Waals surface area contributed by atoms with E-state index >= 15 is 0 Å². The first-order chi connectivity index (χ1) is 7.97. The molecule has 0 spiro atoms. The van der Waals surface area contributed by atoms with Crippen LogP contribution in [0.2, 0.25) is 0 Å². The van der Waals surface area contributed by atoms with E-state index in [1.807, 2.05) is 0 Å². The fourth-order valence-electron chi connectivity index (χ4n) is 1.69. The Balaban J connectivity index is 2.57.